The van der Waals surface area contributed by atoms with E-state index >= 15 is 0 Å². The van der Waals surface area contributed by atoms with Crippen LogP contribution in [0.2, 0.25) is 0 Å². The Labute approximate surface area is 374 Å². The molecule has 0 radical (unpaired) electrons. The normalized spacial score (nSPS) is 14.0. The number of hydrogen-bond donors (Lipinski definition) is 5. The average Bonchev–Trinajstić information content (AvgIpc) is 3.25. The summed E-state index contributed by atoms with van der Waals surface area (Å²) in [4.78, 5) is 12.5. The van der Waals surface area contributed by atoms with Crippen molar-refractivity contribution in [2.45, 2.75) is 308 Å². The summed E-state index contributed by atoms with van der Waals surface area (Å²) >= 11 is 0. The third-order valence-corrected chi connectivity index (χ3v) is 12.6. The second kappa shape index (κ2) is 48.8. The maximum absolute atomic E-state index is 12.5. The minimum Gasteiger partial charge on any atom is -0.394 e. The molecule has 0 bridgehead atoms. The van der Waals surface area contributed by atoms with E-state index in [1.807, 2.05) is 0 Å². The number of nitrogens with one attached hydrogen (secondary N) is 1. The molecule has 6 nitrogen and oxygen atoms in total. The number of carbonyl (C=O) groups is 1. The molecule has 4 atom stereocenters. The lowest BCUT2D eigenvalue weighted by Crippen LogP contribution is -2.53. The number of aliphatic hydroxyl groups is 4. The van der Waals surface area contributed by atoms with Crippen molar-refractivity contribution in [1.29, 1.82) is 0 Å². The fourth-order valence-corrected chi connectivity index (χ4v) is 8.42. The highest BCUT2D eigenvalue weighted by molar-refractivity contribution is 5.80. The van der Waals surface area contributed by atoms with Crippen LogP contribution >= 0.6 is 0 Å². The van der Waals surface area contributed by atoms with E-state index < -0.39 is 36.9 Å². The van der Waals surface area contributed by atoms with E-state index in [-0.39, 0.29) is 0 Å². The van der Waals surface area contributed by atoms with Gasteiger partial charge in [-0.15, -0.1) is 0 Å². The number of rotatable bonds is 49. The molecule has 356 valence electrons. The summed E-state index contributed by atoms with van der Waals surface area (Å²) in [5.41, 5.74) is 0. The van der Waals surface area contributed by atoms with Gasteiger partial charge in [-0.25, -0.2) is 0 Å². The summed E-state index contributed by atoms with van der Waals surface area (Å²) in [6.45, 7) is 4.06. The minimum absolute atomic E-state index is 0.364. The predicted octanol–water partition coefficient (Wildman–Crippen LogP) is 15.1. The van der Waals surface area contributed by atoms with Gasteiger partial charge < -0.3 is 25.7 Å². The molecule has 0 aliphatic heterocycles. The standard InChI is InChI=1S/C54H105NO5/c1-3-5-7-9-11-13-15-17-19-20-21-22-23-24-25-26-27-28-29-30-31-32-33-34-36-37-39-41-43-45-47-51(57)53(59)50(49-56)55-54(60)52(58)48-46-44-42-40-38-35-18-16-14-12-10-8-6-4-2/h33-34,39,41,50-53,56-59H,3-32,35-38,40,42-49H2,1-2H3,(H,55,60)/b34-33+,41-39+. The molecule has 6 heteroatoms. The van der Waals surface area contributed by atoms with E-state index in [1.165, 1.54) is 212 Å². The lowest BCUT2D eigenvalue weighted by Gasteiger charge is -2.27. The van der Waals surface area contributed by atoms with Crippen molar-refractivity contribution in [3.8, 4) is 0 Å². The first kappa shape index (κ1) is 58.8. The Bertz CT molecular complexity index is 909. The molecule has 0 saturated carbocycles. The Balaban J connectivity index is 3.65. The van der Waals surface area contributed by atoms with Gasteiger partial charge in [-0.2, -0.15) is 0 Å². The first-order chi connectivity index (χ1) is 29.5. The predicted molar refractivity (Wildman–Crippen MR) is 261 cm³/mol. The van der Waals surface area contributed by atoms with Crippen LogP contribution in [0.4, 0.5) is 0 Å². The van der Waals surface area contributed by atoms with Gasteiger partial charge in [-0.05, 0) is 51.4 Å². The number of allylic oxidation sites excluding steroid dienone is 4. The molecule has 0 aliphatic carbocycles. The third kappa shape index (κ3) is 42.1. The highest BCUT2D eigenvalue weighted by atomic mass is 16.3. The van der Waals surface area contributed by atoms with Crippen LogP contribution in [-0.4, -0.2) is 57.3 Å². The fourth-order valence-electron chi connectivity index (χ4n) is 8.42. The van der Waals surface area contributed by atoms with Crippen molar-refractivity contribution in [2.24, 2.45) is 0 Å². The highest BCUT2D eigenvalue weighted by Gasteiger charge is 2.28. The lowest BCUT2D eigenvalue weighted by molar-refractivity contribution is -0.132. The van der Waals surface area contributed by atoms with Gasteiger partial charge in [0.05, 0.1) is 18.8 Å². The lowest BCUT2D eigenvalue weighted by atomic mass is 10.00. The summed E-state index contributed by atoms with van der Waals surface area (Å²) < 4.78 is 0. The Kier molecular flexibility index (Phi) is 47.8. The smallest absolute Gasteiger partial charge is 0.249 e. The molecule has 0 spiro atoms. The van der Waals surface area contributed by atoms with Gasteiger partial charge in [0.25, 0.3) is 0 Å². The Morgan fingerprint density at radius 1 is 0.400 bits per heavy atom. The summed E-state index contributed by atoms with van der Waals surface area (Å²) in [7, 11) is 0. The van der Waals surface area contributed by atoms with Crippen LogP contribution in [0.5, 0.6) is 0 Å². The molecule has 4 unspecified atom stereocenters. The first-order valence-electron chi connectivity index (χ1n) is 26.7. The van der Waals surface area contributed by atoms with Crippen LogP contribution in [0.1, 0.15) is 284 Å². The Morgan fingerprint density at radius 2 is 0.700 bits per heavy atom. The third-order valence-electron chi connectivity index (χ3n) is 12.6. The second-order valence-electron chi connectivity index (χ2n) is 18.6. The van der Waals surface area contributed by atoms with E-state index in [9.17, 15) is 25.2 Å². The molecule has 5 N–H and O–H groups in total. The fraction of sp³-hybridized carbons (Fsp3) is 0.907. The number of unbranched alkanes of at least 4 members (excludes halogenated alkanes) is 36. The van der Waals surface area contributed by atoms with Crippen LogP contribution in [0.25, 0.3) is 0 Å². The maximum Gasteiger partial charge on any atom is 0.249 e. The topological polar surface area (TPSA) is 110 Å². The summed E-state index contributed by atoms with van der Waals surface area (Å²) in [5, 5.41) is 43.8. The molecular weight excluding hydrogens is 743 g/mol. The maximum atomic E-state index is 12.5. The molecule has 60 heavy (non-hydrogen) atoms. The zero-order valence-electron chi connectivity index (χ0n) is 40.2. The van der Waals surface area contributed by atoms with Crippen LogP contribution in [0.15, 0.2) is 24.3 Å². The number of aliphatic hydroxyl groups excluding tert-OH is 4. The van der Waals surface area contributed by atoms with Crippen molar-refractivity contribution < 1.29 is 25.2 Å². The molecule has 0 rings (SSSR count). The SMILES string of the molecule is CCCCCCCCCCCCCCCCCCCCCCC/C=C/CC/C=C/CCCC(O)C(O)C(CO)NC(=O)C(O)CCCCCCCCCCCCCCCC. The molecule has 0 fully saturated rings. The van der Waals surface area contributed by atoms with E-state index in [4.69, 9.17) is 0 Å². The zero-order valence-corrected chi connectivity index (χ0v) is 40.2. The van der Waals surface area contributed by atoms with Gasteiger partial charge in [-0.1, -0.05) is 256 Å². The Hall–Kier alpha value is -1.21. The number of amides is 1. The molecule has 0 aromatic rings. The van der Waals surface area contributed by atoms with E-state index in [0.29, 0.717) is 19.3 Å². The molecular formula is C54H105NO5. The summed E-state index contributed by atoms with van der Waals surface area (Å²) in [6.07, 6.45) is 58.2. The first-order valence-corrected chi connectivity index (χ1v) is 26.7. The van der Waals surface area contributed by atoms with Gasteiger partial charge in [0.15, 0.2) is 0 Å². The molecule has 0 saturated heterocycles. The van der Waals surface area contributed by atoms with E-state index in [0.717, 1.165) is 38.5 Å². The van der Waals surface area contributed by atoms with Crippen LogP contribution in [0, 0.1) is 0 Å². The summed E-state index contributed by atoms with van der Waals surface area (Å²) in [6, 6.07) is -1.01. The molecule has 1 amide bonds. The highest BCUT2D eigenvalue weighted by Crippen LogP contribution is 2.17. The van der Waals surface area contributed by atoms with E-state index in [2.05, 4.69) is 43.5 Å². The quantitative estimate of drug-likeness (QED) is 0.0309. The van der Waals surface area contributed by atoms with Crippen molar-refractivity contribution in [2.75, 3.05) is 6.61 Å². The molecule has 0 aromatic heterocycles. The average molecular weight is 848 g/mol. The number of carbonyl (C=O) groups excluding carboxylic acids is 1. The number of hydrogen-bond acceptors (Lipinski definition) is 5. The van der Waals surface area contributed by atoms with Gasteiger partial charge in [0.1, 0.15) is 12.2 Å². The zero-order chi connectivity index (χ0) is 43.8. The van der Waals surface area contributed by atoms with E-state index in [1.54, 1.807) is 0 Å². The van der Waals surface area contributed by atoms with Crippen molar-refractivity contribution in [1.82, 2.24) is 5.32 Å². The van der Waals surface area contributed by atoms with Gasteiger partial charge in [-0.3, -0.25) is 4.79 Å². The second-order valence-corrected chi connectivity index (χ2v) is 18.6. The van der Waals surface area contributed by atoms with Gasteiger partial charge in [0, 0.05) is 0 Å². The van der Waals surface area contributed by atoms with Gasteiger partial charge in [0.2, 0.25) is 5.91 Å². The summed E-state index contributed by atoms with van der Waals surface area (Å²) in [5.74, 6) is -0.595. The van der Waals surface area contributed by atoms with Crippen molar-refractivity contribution in [3.63, 3.8) is 0 Å². The van der Waals surface area contributed by atoms with Gasteiger partial charge >= 0.3 is 0 Å². The van der Waals surface area contributed by atoms with Crippen LogP contribution < -0.4 is 5.32 Å². The van der Waals surface area contributed by atoms with Crippen LogP contribution in [0.3, 0.4) is 0 Å². The minimum atomic E-state index is -1.29. The Morgan fingerprint density at radius 3 is 1.05 bits per heavy atom. The molecule has 0 heterocycles. The van der Waals surface area contributed by atoms with Crippen molar-refractivity contribution in [3.05, 3.63) is 24.3 Å². The van der Waals surface area contributed by atoms with Crippen molar-refractivity contribution >= 4 is 5.91 Å². The molecule has 0 aromatic carbocycles. The monoisotopic (exact) mass is 848 g/mol. The largest absolute Gasteiger partial charge is 0.394 e. The molecule has 0 aliphatic rings. The van der Waals surface area contributed by atoms with Crippen LogP contribution in [-0.2, 0) is 4.79 Å².